The molecule has 22 nitrogen and oxygen atoms in total. The van der Waals surface area contributed by atoms with Crippen molar-refractivity contribution < 1.29 is 24.3 Å². The quantitative estimate of drug-likeness (QED) is 0.101. The minimum Gasteiger partial charge on any atom is -0.480 e. The number of amides is 2. The summed E-state index contributed by atoms with van der Waals surface area (Å²) in [6, 6.07) is 15.6. The van der Waals surface area contributed by atoms with Gasteiger partial charge in [-0.05, 0) is 147 Å². The van der Waals surface area contributed by atoms with Crippen LogP contribution >= 0.6 is 0 Å². The minimum atomic E-state index is -0.870. The van der Waals surface area contributed by atoms with E-state index in [1.54, 1.807) is 64.7 Å². The maximum atomic E-state index is 12.6. The number of nitrogens with one attached hydrogen (secondary N) is 2. The summed E-state index contributed by atoms with van der Waals surface area (Å²) in [5.41, 5.74) is 20.2. The van der Waals surface area contributed by atoms with Crippen LogP contribution in [0.3, 0.4) is 0 Å². The zero-order valence-electron chi connectivity index (χ0n) is 59.1. The molecule has 7 fully saturated rings. The van der Waals surface area contributed by atoms with Crippen molar-refractivity contribution in [2.75, 3.05) is 91.6 Å². The summed E-state index contributed by atoms with van der Waals surface area (Å²) in [6.45, 7) is 17.9. The second kappa shape index (κ2) is 37.8. The fourth-order valence-electron chi connectivity index (χ4n) is 15.8. The highest BCUT2D eigenvalue weighted by atomic mass is 16.4. The van der Waals surface area contributed by atoms with Gasteiger partial charge in [0, 0.05) is 107 Å². The molecule has 98 heavy (non-hydrogen) atoms. The number of piperidine rings is 2. The average molecular weight is 1350 g/mol. The van der Waals surface area contributed by atoms with E-state index in [0.717, 1.165) is 117 Å². The van der Waals surface area contributed by atoms with E-state index in [0.29, 0.717) is 70.8 Å². The number of aliphatic imine (C=N–C) groups is 5. The van der Waals surface area contributed by atoms with E-state index in [1.165, 1.54) is 129 Å². The van der Waals surface area contributed by atoms with Gasteiger partial charge in [0.15, 0.2) is 0 Å². The summed E-state index contributed by atoms with van der Waals surface area (Å²) in [6.07, 6.45) is 44.9. The molecule has 2 aromatic carbocycles. The summed E-state index contributed by atoms with van der Waals surface area (Å²) in [5, 5.41) is 28.5. The number of aliphatic carboxylic acids is 1. The lowest BCUT2D eigenvalue weighted by Gasteiger charge is -2.40. The first-order chi connectivity index (χ1) is 46.8. The molecule has 0 aromatic heterocycles. The Balaban J connectivity index is 0.000000168. The molecule has 0 radical (unpaired) electrons. The molecule has 7 heterocycles. The number of nitrogens with two attached hydrogens (primary N) is 3. The highest BCUT2D eigenvalue weighted by Gasteiger charge is 2.43. The van der Waals surface area contributed by atoms with Gasteiger partial charge in [0.2, 0.25) is 0 Å². The van der Waals surface area contributed by atoms with Crippen LogP contribution in [0.5, 0.6) is 0 Å². The second-order valence-corrected chi connectivity index (χ2v) is 29.4. The fourth-order valence-corrected chi connectivity index (χ4v) is 15.8. The summed E-state index contributed by atoms with van der Waals surface area (Å²) in [4.78, 5) is 81.4. The van der Waals surface area contributed by atoms with Crippen molar-refractivity contribution in [2.45, 2.75) is 248 Å². The van der Waals surface area contributed by atoms with Crippen LogP contribution in [0.4, 0.5) is 0 Å². The molecular formula is C76H121N17O5. The normalized spacial score (nSPS) is 22.6. The van der Waals surface area contributed by atoms with E-state index >= 15 is 0 Å². The van der Waals surface area contributed by atoms with E-state index in [1.807, 2.05) is 17.6 Å². The smallest absolute Gasteiger partial charge is 0.323 e. The lowest BCUT2D eigenvalue weighted by atomic mass is 9.81. The molecule has 2 amide bonds. The molecule has 540 valence electrons. The summed E-state index contributed by atoms with van der Waals surface area (Å²) in [7, 11) is 0. The Labute approximate surface area is 586 Å². The Morgan fingerprint density at radius 2 is 0.990 bits per heavy atom. The molecule has 2 saturated heterocycles. The van der Waals surface area contributed by atoms with Crippen LogP contribution in [0, 0.1) is 16.7 Å². The topological polar surface area (TPSA) is 307 Å². The lowest BCUT2D eigenvalue weighted by molar-refractivity contribution is -0.137. The maximum absolute atomic E-state index is 12.6. The number of carbonyl (C=O) groups is 4. The number of hydrogen-bond donors (Lipinski definition) is 6. The maximum Gasteiger partial charge on any atom is 0.323 e. The van der Waals surface area contributed by atoms with Crippen molar-refractivity contribution in [3.8, 4) is 6.07 Å². The van der Waals surface area contributed by atoms with Gasteiger partial charge in [-0.2, -0.15) is 5.26 Å². The molecule has 0 atom stereocenters. The van der Waals surface area contributed by atoms with Gasteiger partial charge in [-0.15, -0.1) is 0 Å². The largest absolute Gasteiger partial charge is 0.480 e. The van der Waals surface area contributed by atoms with Gasteiger partial charge in [0.25, 0.3) is 11.8 Å². The predicted octanol–water partition coefficient (Wildman–Crippen LogP) is 10.5. The third-order valence-electron chi connectivity index (χ3n) is 22.3. The van der Waals surface area contributed by atoms with E-state index < -0.39 is 5.97 Å². The number of ketones is 1. The first-order valence-electron chi connectivity index (χ1n) is 37.0. The average Bonchev–Trinajstić information content (AvgIpc) is 1.58. The number of nitriles is 1. The first-order valence-corrected chi connectivity index (χ1v) is 37.0. The van der Waals surface area contributed by atoms with Gasteiger partial charge in [-0.1, -0.05) is 103 Å². The van der Waals surface area contributed by atoms with Gasteiger partial charge in [0.05, 0.1) is 84.1 Å². The SMILES string of the molecule is C.C1=NCC2(CCCCC2)N1.CCN1C=NC2(CCCCC2)C1.CCN1C=NC2(CCN(C(=O)c3ccc(C#N)cc3)CC2)C1.CCN1C=NCC12CCCCC2.N=C(N)c1ccc(C(=O)N2CCC3(CC2)CN(CC(=O)O)C=N3)cc1.NCC1(N)CCCCC1.O=C1CCCCC1. The number of carboxylic acids is 1. The molecule has 14 rings (SSSR count). The van der Waals surface area contributed by atoms with Crippen molar-refractivity contribution in [1.82, 2.24) is 34.7 Å². The molecule has 5 saturated carbocycles. The molecule has 0 unspecified atom stereocenters. The number of hydrogen-bond acceptors (Lipinski definition) is 18. The summed E-state index contributed by atoms with van der Waals surface area (Å²) >= 11 is 0. The lowest BCUT2D eigenvalue weighted by Crippen LogP contribution is -2.48. The van der Waals surface area contributed by atoms with Gasteiger partial charge in [-0.3, -0.25) is 49.5 Å². The number of carbonyl (C=O) groups excluding carboxylic acids is 3. The first kappa shape index (κ1) is 78.1. The standard InChI is InChI=1S/C17H21N5O3.C17H20N4O.2C10H18N2.C8H14N2.C7H16N2.C6H10O.CH4/c18-15(19)12-1-3-13(4-2-12)16(25)22-7-5-17(6-8-22)10-21(11-20-17)9-14(23)24;1-2-20-12-17(19-13-20)7-9-21(10-8-17)16(22)15-5-3-14(11-18)4-6-15;1-2-12-8-10(11-9-12)6-4-3-5-7-10;1-2-12-9-11-8-10(12)6-4-3-5-7-10;1-2-4-8(5-3-1)6-9-7-10-8;8-6-7(9)4-2-1-3-5-7;7-6-4-2-1-3-5-6;/h1-4,11H,5-10H2,(H3,18,19)(H,23,24);3-6,13H,2,7-10,12H2,1H3;2*9H,2-8H2,1H3;7H,1-6H2,(H,9,10);1-6,8-9H2;1-5H2;1H4. The van der Waals surface area contributed by atoms with Gasteiger partial charge >= 0.3 is 5.97 Å². The van der Waals surface area contributed by atoms with E-state index in [4.69, 9.17) is 38.0 Å². The molecule has 12 aliphatic rings. The number of Topliss-reactive ketones (excluding diaryl/α,β-unsaturated/α-hetero) is 1. The van der Waals surface area contributed by atoms with Crippen LogP contribution in [-0.2, 0) is 9.59 Å². The predicted molar refractivity (Wildman–Crippen MR) is 397 cm³/mol. The Hall–Kier alpha value is -7.25. The van der Waals surface area contributed by atoms with Crippen LogP contribution in [0.2, 0.25) is 0 Å². The zero-order chi connectivity index (χ0) is 69.2. The molecule has 0 bridgehead atoms. The van der Waals surface area contributed by atoms with Crippen LogP contribution in [0.15, 0.2) is 73.5 Å². The second-order valence-electron chi connectivity index (χ2n) is 29.4. The van der Waals surface area contributed by atoms with E-state index in [2.05, 4.69) is 79.5 Å². The highest BCUT2D eigenvalue weighted by Crippen LogP contribution is 2.38. The number of nitrogens with zero attached hydrogens (tertiary/aromatic N) is 12. The third-order valence-corrected chi connectivity index (χ3v) is 22.3. The number of likely N-dealkylation sites (N-methyl/N-ethyl adjacent to an activating group) is 3. The molecular weight excluding hydrogens is 1230 g/mol. The van der Waals surface area contributed by atoms with Crippen LogP contribution in [-0.4, -0.2) is 220 Å². The van der Waals surface area contributed by atoms with E-state index in [9.17, 15) is 19.2 Å². The number of carboxylic acid groups (broad SMARTS) is 1. The Kier molecular flexibility index (Phi) is 30.1. The number of benzene rings is 2. The van der Waals surface area contributed by atoms with Gasteiger partial charge in [-0.25, -0.2) is 0 Å². The highest BCUT2D eigenvalue weighted by molar-refractivity contribution is 5.98. The summed E-state index contributed by atoms with van der Waals surface area (Å²) < 4.78 is 0. The third kappa shape index (κ3) is 22.4. The van der Waals surface area contributed by atoms with Crippen molar-refractivity contribution >= 4 is 61.1 Å². The minimum absolute atomic E-state index is 0. The molecule has 7 aliphatic heterocycles. The Morgan fingerprint density at radius 3 is 1.39 bits per heavy atom. The number of likely N-dealkylation sites (tertiary alicyclic amines) is 2. The van der Waals surface area contributed by atoms with Crippen LogP contribution in [0.25, 0.3) is 0 Å². The number of amidine groups is 1. The summed E-state index contributed by atoms with van der Waals surface area (Å²) in [5.74, 6) is -0.428. The van der Waals surface area contributed by atoms with Gasteiger partial charge in [0.1, 0.15) is 18.2 Å². The molecule has 5 spiro atoms. The number of nitrogen functional groups attached to an aromatic ring is 1. The van der Waals surface area contributed by atoms with Crippen LogP contribution in [0.1, 0.15) is 246 Å². The molecule has 22 heteroatoms. The van der Waals surface area contributed by atoms with Crippen molar-refractivity contribution in [3.63, 3.8) is 0 Å². The number of rotatable bonds is 9. The molecule has 2 aromatic rings. The van der Waals surface area contributed by atoms with E-state index in [-0.39, 0.29) is 48.2 Å². The molecule has 5 aliphatic carbocycles. The Bertz CT molecular complexity index is 3010. The van der Waals surface area contributed by atoms with Crippen molar-refractivity contribution in [2.24, 2.45) is 42.2 Å². The molecule has 9 N–H and O–H groups in total. The fraction of sp³-hybridized carbons (Fsp3) is 0.697. The van der Waals surface area contributed by atoms with Crippen LogP contribution < -0.4 is 22.5 Å². The zero-order valence-corrected chi connectivity index (χ0v) is 59.1. The van der Waals surface area contributed by atoms with Gasteiger partial charge < -0.3 is 57.0 Å². The monoisotopic (exact) mass is 1350 g/mol. The van der Waals surface area contributed by atoms with Crippen molar-refractivity contribution in [3.05, 3.63) is 70.8 Å². The van der Waals surface area contributed by atoms with Crippen molar-refractivity contribution in [1.29, 1.82) is 10.7 Å². The Morgan fingerprint density at radius 1 is 0.561 bits per heavy atom.